The molecule has 1 fully saturated rings. The molecule has 0 spiro atoms. The summed E-state index contributed by atoms with van der Waals surface area (Å²) < 4.78 is 13.7. The van der Waals surface area contributed by atoms with Gasteiger partial charge < -0.3 is 18.6 Å². The monoisotopic (exact) mass is 497 g/mol. The van der Waals surface area contributed by atoms with Gasteiger partial charge in [-0.25, -0.2) is 4.98 Å². The van der Waals surface area contributed by atoms with Gasteiger partial charge in [-0.15, -0.1) is 0 Å². The summed E-state index contributed by atoms with van der Waals surface area (Å²) in [6, 6.07) is 13.0. The molecule has 5 rings (SSSR count). The van der Waals surface area contributed by atoms with Crippen molar-refractivity contribution in [2.75, 3.05) is 19.7 Å². The van der Waals surface area contributed by atoms with Crippen molar-refractivity contribution in [2.24, 2.45) is 0 Å². The first-order chi connectivity index (χ1) is 16.5. The maximum atomic E-state index is 13.2. The van der Waals surface area contributed by atoms with Crippen LogP contribution < -0.4 is 4.74 Å². The van der Waals surface area contributed by atoms with Crippen molar-refractivity contribution in [1.29, 1.82) is 0 Å². The summed E-state index contributed by atoms with van der Waals surface area (Å²) in [5.74, 6) is 2.18. The smallest absolute Gasteiger partial charge is 0.289 e. The second kappa shape index (κ2) is 9.72. The lowest BCUT2D eigenvalue weighted by Gasteiger charge is -2.31. The zero-order valence-electron chi connectivity index (χ0n) is 18.8. The van der Waals surface area contributed by atoms with Crippen molar-refractivity contribution in [3.8, 4) is 5.75 Å². The third-order valence-electron chi connectivity index (χ3n) is 6.26. The van der Waals surface area contributed by atoms with Crippen LogP contribution in [-0.2, 0) is 6.54 Å². The van der Waals surface area contributed by atoms with Gasteiger partial charge in [0.05, 0.1) is 13.2 Å². The number of hydrogen-bond donors (Lipinski definition) is 0. The molecule has 8 heteroatoms. The van der Waals surface area contributed by atoms with E-state index in [0.717, 1.165) is 29.6 Å². The number of benzene rings is 2. The molecule has 1 aliphatic heterocycles. The van der Waals surface area contributed by atoms with Gasteiger partial charge in [0.2, 0.25) is 0 Å². The van der Waals surface area contributed by atoms with Gasteiger partial charge >= 0.3 is 0 Å². The maximum absolute atomic E-state index is 13.2. The minimum atomic E-state index is -0.0915. The highest BCUT2D eigenvalue weighted by atomic mass is 35.5. The fourth-order valence-corrected chi connectivity index (χ4v) is 4.94. The number of hydrogen-bond acceptors (Lipinski definition) is 4. The molecular formula is C26H25Cl2N3O3. The number of halogens is 2. The van der Waals surface area contributed by atoms with E-state index in [1.165, 1.54) is 0 Å². The molecule has 2 aromatic carbocycles. The molecule has 0 radical (unpaired) electrons. The van der Waals surface area contributed by atoms with E-state index in [0.29, 0.717) is 53.4 Å². The third-order valence-corrected chi connectivity index (χ3v) is 6.87. The van der Waals surface area contributed by atoms with Gasteiger partial charge in [0, 0.05) is 46.8 Å². The fourth-order valence-electron chi connectivity index (χ4n) is 4.57. The van der Waals surface area contributed by atoms with Crippen molar-refractivity contribution in [1.82, 2.24) is 14.5 Å². The van der Waals surface area contributed by atoms with Crippen LogP contribution in [0.25, 0.3) is 11.0 Å². The number of nitrogens with zero attached hydrogens (tertiary/aromatic N) is 3. The van der Waals surface area contributed by atoms with Crippen molar-refractivity contribution < 1.29 is 13.9 Å². The minimum Gasteiger partial charge on any atom is -0.490 e. The summed E-state index contributed by atoms with van der Waals surface area (Å²) in [7, 11) is 0. The maximum Gasteiger partial charge on any atom is 0.289 e. The molecule has 176 valence electrons. The Kier molecular flexibility index (Phi) is 6.53. The van der Waals surface area contributed by atoms with E-state index in [1.54, 1.807) is 12.1 Å². The van der Waals surface area contributed by atoms with Crippen molar-refractivity contribution in [2.45, 2.75) is 32.2 Å². The Labute approximate surface area is 208 Å². The van der Waals surface area contributed by atoms with Gasteiger partial charge in [0.25, 0.3) is 5.91 Å². The number of rotatable bonds is 6. The number of carbonyl (C=O) groups excluding carboxylic acids is 1. The van der Waals surface area contributed by atoms with Crippen LogP contribution in [0.3, 0.4) is 0 Å². The number of piperidine rings is 1. The van der Waals surface area contributed by atoms with Gasteiger partial charge in [-0.3, -0.25) is 4.79 Å². The molecule has 34 heavy (non-hydrogen) atoms. The standard InChI is InChI=1S/C26H25Cl2N3O3/c1-2-33-22-5-3-4-18-15-23(34-24(18)22)26(32)30-11-8-17(9-12-30)25-29-10-13-31(25)16-19-14-20(27)6-7-21(19)28/h3-7,10,13-15,17H,2,8-9,11-12,16H2,1H3. The van der Waals surface area contributed by atoms with E-state index in [4.69, 9.17) is 32.4 Å². The summed E-state index contributed by atoms with van der Waals surface area (Å²) in [5, 5.41) is 2.21. The molecule has 0 unspecified atom stereocenters. The molecule has 4 aromatic rings. The summed E-state index contributed by atoms with van der Waals surface area (Å²) in [6.07, 6.45) is 5.44. The number of furan rings is 1. The molecule has 0 saturated carbocycles. The largest absolute Gasteiger partial charge is 0.490 e. The average molecular weight is 498 g/mol. The molecule has 1 amide bonds. The third kappa shape index (κ3) is 4.52. The van der Waals surface area contributed by atoms with Crippen LogP contribution in [0.2, 0.25) is 10.0 Å². The van der Waals surface area contributed by atoms with Crippen molar-refractivity contribution in [3.63, 3.8) is 0 Å². The van der Waals surface area contributed by atoms with Gasteiger partial charge in [-0.05, 0) is 55.7 Å². The quantitative estimate of drug-likeness (QED) is 0.309. The van der Waals surface area contributed by atoms with Crippen LogP contribution >= 0.6 is 23.2 Å². The zero-order chi connectivity index (χ0) is 23.7. The number of imidazole rings is 1. The summed E-state index contributed by atoms with van der Waals surface area (Å²) >= 11 is 12.5. The fraction of sp³-hybridized carbons (Fsp3) is 0.308. The Hall–Kier alpha value is -2.96. The molecule has 6 nitrogen and oxygen atoms in total. The predicted octanol–water partition coefficient (Wildman–Crippen LogP) is 6.40. The molecule has 0 bridgehead atoms. The molecule has 3 heterocycles. The number of likely N-dealkylation sites (tertiary alicyclic amines) is 1. The van der Waals surface area contributed by atoms with E-state index in [9.17, 15) is 4.79 Å². The summed E-state index contributed by atoms with van der Waals surface area (Å²) in [4.78, 5) is 19.6. The topological polar surface area (TPSA) is 60.5 Å². The van der Waals surface area contributed by atoms with E-state index >= 15 is 0 Å². The second-order valence-electron chi connectivity index (χ2n) is 8.43. The molecule has 0 N–H and O–H groups in total. The highest BCUT2D eigenvalue weighted by Gasteiger charge is 2.29. The van der Waals surface area contributed by atoms with Gasteiger partial charge in [0.15, 0.2) is 17.1 Å². The second-order valence-corrected chi connectivity index (χ2v) is 9.28. The van der Waals surface area contributed by atoms with E-state index in [-0.39, 0.29) is 11.8 Å². The lowest BCUT2D eigenvalue weighted by molar-refractivity contribution is 0.0680. The SMILES string of the molecule is CCOc1cccc2cc(C(=O)N3CCC(c4nccn4Cc4cc(Cl)ccc4Cl)CC3)oc12. The number of para-hydroxylation sites is 1. The zero-order valence-corrected chi connectivity index (χ0v) is 20.4. The number of carbonyl (C=O) groups is 1. The van der Waals surface area contributed by atoms with Crippen LogP contribution in [0, 0.1) is 0 Å². The van der Waals surface area contributed by atoms with Crippen molar-refractivity contribution >= 4 is 40.1 Å². The number of fused-ring (bicyclic) bond motifs is 1. The first kappa shape index (κ1) is 22.8. The molecule has 2 aromatic heterocycles. The normalized spacial score (nSPS) is 14.6. The summed E-state index contributed by atoms with van der Waals surface area (Å²) in [5.41, 5.74) is 1.57. The number of ether oxygens (including phenoxy) is 1. The van der Waals surface area contributed by atoms with E-state index < -0.39 is 0 Å². The highest BCUT2D eigenvalue weighted by molar-refractivity contribution is 6.33. The molecule has 1 aliphatic rings. The Morgan fingerprint density at radius 1 is 1.18 bits per heavy atom. The van der Waals surface area contributed by atoms with Crippen LogP contribution in [-0.4, -0.2) is 40.1 Å². The predicted molar refractivity (Wildman–Crippen MR) is 133 cm³/mol. The number of amides is 1. The van der Waals surface area contributed by atoms with Crippen LogP contribution in [0.5, 0.6) is 5.75 Å². The first-order valence-corrected chi connectivity index (χ1v) is 12.2. The molecular weight excluding hydrogens is 473 g/mol. The minimum absolute atomic E-state index is 0.0915. The molecule has 1 saturated heterocycles. The van der Waals surface area contributed by atoms with Crippen molar-refractivity contribution in [3.05, 3.63) is 82.1 Å². The van der Waals surface area contributed by atoms with Crippen LogP contribution in [0.4, 0.5) is 0 Å². The molecule has 0 atom stereocenters. The van der Waals surface area contributed by atoms with E-state index in [2.05, 4.69) is 9.55 Å². The number of aromatic nitrogens is 2. The lowest BCUT2D eigenvalue weighted by atomic mass is 9.95. The Morgan fingerprint density at radius 2 is 2.00 bits per heavy atom. The first-order valence-electron chi connectivity index (χ1n) is 11.4. The lowest BCUT2D eigenvalue weighted by Crippen LogP contribution is -2.38. The highest BCUT2D eigenvalue weighted by Crippen LogP contribution is 2.32. The summed E-state index contributed by atoms with van der Waals surface area (Å²) in [6.45, 7) is 4.35. The van der Waals surface area contributed by atoms with Gasteiger partial charge in [-0.2, -0.15) is 0 Å². The average Bonchev–Trinajstić information content (AvgIpc) is 3.49. The Morgan fingerprint density at radius 3 is 2.79 bits per heavy atom. The van der Waals surface area contributed by atoms with E-state index in [1.807, 2.05) is 54.5 Å². The Bertz CT molecular complexity index is 1320. The molecule has 0 aliphatic carbocycles. The van der Waals surface area contributed by atoms with Crippen LogP contribution in [0.15, 0.2) is 59.3 Å². The van der Waals surface area contributed by atoms with Crippen LogP contribution in [0.1, 0.15) is 47.6 Å². The van der Waals surface area contributed by atoms with Gasteiger partial charge in [-0.1, -0.05) is 35.3 Å². The Balaban J connectivity index is 1.27. The van der Waals surface area contributed by atoms with Gasteiger partial charge in [0.1, 0.15) is 5.82 Å².